The highest BCUT2D eigenvalue weighted by molar-refractivity contribution is 5.76. The number of nitrogens with zero attached hydrogens (tertiary/aromatic N) is 1. The van der Waals surface area contributed by atoms with Crippen molar-refractivity contribution in [3.8, 4) is 11.3 Å². The molecule has 19 heavy (non-hydrogen) atoms. The van der Waals surface area contributed by atoms with Crippen LogP contribution in [0.5, 0.6) is 0 Å². The van der Waals surface area contributed by atoms with Gasteiger partial charge in [-0.05, 0) is 24.1 Å². The van der Waals surface area contributed by atoms with Gasteiger partial charge in [-0.2, -0.15) is 0 Å². The molecule has 2 aromatic carbocycles. The van der Waals surface area contributed by atoms with Gasteiger partial charge in [0.15, 0.2) is 0 Å². The lowest BCUT2D eigenvalue weighted by Crippen LogP contribution is -2.11. The molecule has 0 bridgehead atoms. The van der Waals surface area contributed by atoms with Crippen LogP contribution in [0.4, 0.5) is 0 Å². The second-order valence-electron chi connectivity index (χ2n) is 4.48. The van der Waals surface area contributed by atoms with Gasteiger partial charge in [-0.1, -0.05) is 43.3 Å². The molecule has 3 aromatic rings. The zero-order chi connectivity index (χ0) is 13.2. The molecule has 94 valence electrons. The molecule has 0 fully saturated rings. The molecule has 0 atom stereocenters. The Balaban J connectivity index is 2.18. The Kier molecular flexibility index (Phi) is 2.88. The number of aromatic amines is 1. The van der Waals surface area contributed by atoms with E-state index in [4.69, 9.17) is 0 Å². The Bertz CT molecular complexity index is 773. The maximum Gasteiger partial charge on any atom is 0.274 e. The molecule has 3 heteroatoms. The predicted molar refractivity (Wildman–Crippen MR) is 77.2 cm³/mol. The van der Waals surface area contributed by atoms with Crippen molar-refractivity contribution in [2.45, 2.75) is 13.3 Å². The minimum Gasteiger partial charge on any atom is -0.319 e. The molecule has 1 aromatic heterocycles. The Hall–Kier alpha value is -2.42. The van der Waals surface area contributed by atoms with E-state index in [0.717, 1.165) is 23.0 Å². The number of H-pyrrole nitrogens is 1. The van der Waals surface area contributed by atoms with Crippen molar-refractivity contribution in [3.05, 3.63) is 64.4 Å². The van der Waals surface area contributed by atoms with E-state index in [0.29, 0.717) is 5.69 Å². The van der Waals surface area contributed by atoms with Crippen molar-refractivity contribution >= 4 is 11.0 Å². The third-order valence-electron chi connectivity index (χ3n) is 3.24. The second-order valence-corrected chi connectivity index (χ2v) is 4.48. The first-order valence-corrected chi connectivity index (χ1v) is 6.36. The van der Waals surface area contributed by atoms with Gasteiger partial charge < -0.3 is 4.98 Å². The highest BCUT2D eigenvalue weighted by atomic mass is 16.1. The van der Waals surface area contributed by atoms with Gasteiger partial charge in [0.1, 0.15) is 5.69 Å². The van der Waals surface area contributed by atoms with Gasteiger partial charge in [0.2, 0.25) is 0 Å². The average Bonchev–Trinajstić information content (AvgIpc) is 2.47. The average molecular weight is 250 g/mol. The van der Waals surface area contributed by atoms with Crippen molar-refractivity contribution in [1.82, 2.24) is 9.97 Å². The van der Waals surface area contributed by atoms with Crippen LogP contribution < -0.4 is 5.56 Å². The third-order valence-corrected chi connectivity index (χ3v) is 3.24. The number of nitrogens with one attached hydrogen (secondary N) is 1. The summed E-state index contributed by atoms with van der Waals surface area (Å²) < 4.78 is 0. The summed E-state index contributed by atoms with van der Waals surface area (Å²) in [6.07, 6.45) is 0.988. The van der Waals surface area contributed by atoms with Gasteiger partial charge in [-0.25, -0.2) is 4.98 Å². The number of fused-ring (bicyclic) bond motifs is 1. The number of hydrogen-bond donors (Lipinski definition) is 1. The van der Waals surface area contributed by atoms with Gasteiger partial charge in [0, 0.05) is 5.56 Å². The molecule has 0 saturated heterocycles. The van der Waals surface area contributed by atoms with Crippen LogP contribution >= 0.6 is 0 Å². The number of aryl methyl sites for hydroxylation is 1. The summed E-state index contributed by atoms with van der Waals surface area (Å²) in [4.78, 5) is 19.4. The third kappa shape index (κ3) is 2.15. The van der Waals surface area contributed by atoms with Gasteiger partial charge in [-0.15, -0.1) is 0 Å². The van der Waals surface area contributed by atoms with Crippen molar-refractivity contribution in [1.29, 1.82) is 0 Å². The van der Waals surface area contributed by atoms with Crippen LogP contribution in [-0.4, -0.2) is 9.97 Å². The van der Waals surface area contributed by atoms with E-state index in [1.165, 1.54) is 5.56 Å². The van der Waals surface area contributed by atoms with Crippen LogP contribution in [0.25, 0.3) is 22.3 Å². The molecule has 1 heterocycles. The topological polar surface area (TPSA) is 45.8 Å². The van der Waals surface area contributed by atoms with E-state index in [1.54, 1.807) is 0 Å². The van der Waals surface area contributed by atoms with Crippen LogP contribution in [0.3, 0.4) is 0 Å². The van der Waals surface area contributed by atoms with Gasteiger partial charge in [0.05, 0.1) is 11.0 Å². The fourth-order valence-corrected chi connectivity index (χ4v) is 2.12. The van der Waals surface area contributed by atoms with Gasteiger partial charge >= 0.3 is 0 Å². The van der Waals surface area contributed by atoms with Crippen molar-refractivity contribution in [2.24, 2.45) is 0 Å². The molecule has 1 N–H and O–H groups in total. The normalized spacial score (nSPS) is 10.8. The van der Waals surface area contributed by atoms with Gasteiger partial charge in [0.25, 0.3) is 5.56 Å². The van der Waals surface area contributed by atoms with Crippen LogP contribution in [-0.2, 0) is 6.42 Å². The van der Waals surface area contributed by atoms with Crippen LogP contribution in [0.15, 0.2) is 53.3 Å². The second kappa shape index (κ2) is 4.69. The first-order chi connectivity index (χ1) is 9.28. The quantitative estimate of drug-likeness (QED) is 0.759. The van der Waals surface area contributed by atoms with E-state index in [1.807, 2.05) is 48.5 Å². The van der Waals surface area contributed by atoms with Crippen molar-refractivity contribution in [3.63, 3.8) is 0 Å². The lowest BCUT2D eigenvalue weighted by molar-refractivity contribution is 1.14. The molecule has 0 saturated carbocycles. The monoisotopic (exact) mass is 250 g/mol. The highest BCUT2D eigenvalue weighted by Crippen LogP contribution is 2.16. The van der Waals surface area contributed by atoms with E-state index >= 15 is 0 Å². The lowest BCUT2D eigenvalue weighted by atomic mass is 10.1. The molecule has 0 aliphatic carbocycles. The van der Waals surface area contributed by atoms with Crippen molar-refractivity contribution in [2.75, 3.05) is 0 Å². The smallest absolute Gasteiger partial charge is 0.274 e. The van der Waals surface area contributed by atoms with Crippen LogP contribution in [0.2, 0.25) is 0 Å². The molecule has 0 spiro atoms. The molecular weight excluding hydrogens is 236 g/mol. The Labute approximate surface area is 111 Å². The summed E-state index contributed by atoms with van der Waals surface area (Å²) >= 11 is 0. The number of hydrogen-bond acceptors (Lipinski definition) is 2. The Morgan fingerprint density at radius 1 is 1.05 bits per heavy atom. The molecular formula is C16H14N2O. The van der Waals surface area contributed by atoms with E-state index in [-0.39, 0.29) is 5.56 Å². The van der Waals surface area contributed by atoms with Gasteiger partial charge in [-0.3, -0.25) is 4.79 Å². The molecule has 0 unspecified atom stereocenters. The first kappa shape index (κ1) is 11.7. The summed E-state index contributed by atoms with van der Waals surface area (Å²) in [5.41, 5.74) is 3.99. The number of aromatic nitrogens is 2. The van der Waals surface area contributed by atoms with E-state index < -0.39 is 0 Å². The zero-order valence-electron chi connectivity index (χ0n) is 10.7. The fourth-order valence-electron chi connectivity index (χ4n) is 2.12. The summed E-state index contributed by atoms with van der Waals surface area (Å²) in [6.45, 7) is 2.11. The Morgan fingerprint density at radius 2 is 1.79 bits per heavy atom. The maximum absolute atomic E-state index is 12.1. The molecule has 0 amide bonds. The zero-order valence-corrected chi connectivity index (χ0v) is 10.7. The summed E-state index contributed by atoms with van der Waals surface area (Å²) in [5, 5.41) is 0. The molecule has 3 nitrogen and oxygen atoms in total. The fraction of sp³-hybridized carbons (Fsp3) is 0.125. The molecule has 0 aliphatic heterocycles. The van der Waals surface area contributed by atoms with E-state index in [2.05, 4.69) is 16.9 Å². The predicted octanol–water partition coefficient (Wildman–Crippen LogP) is 3.15. The molecule has 0 radical (unpaired) electrons. The number of rotatable bonds is 2. The number of para-hydroxylation sites is 2. The van der Waals surface area contributed by atoms with Crippen LogP contribution in [0.1, 0.15) is 12.5 Å². The molecule has 0 aliphatic rings. The SMILES string of the molecule is CCc1ccc(-c2nc3ccccc3[nH]c2=O)cc1. The summed E-state index contributed by atoms with van der Waals surface area (Å²) in [6, 6.07) is 15.5. The maximum atomic E-state index is 12.1. The summed E-state index contributed by atoms with van der Waals surface area (Å²) in [7, 11) is 0. The highest BCUT2D eigenvalue weighted by Gasteiger charge is 2.06. The lowest BCUT2D eigenvalue weighted by Gasteiger charge is -2.03. The largest absolute Gasteiger partial charge is 0.319 e. The van der Waals surface area contributed by atoms with Crippen LogP contribution in [0, 0.1) is 0 Å². The van der Waals surface area contributed by atoms with E-state index in [9.17, 15) is 4.79 Å². The standard InChI is InChI=1S/C16H14N2O/c1-2-11-7-9-12(10-8-11)15-16(19)18-14-6-4-3-5-13(14)17-15/h3-10H,2H2,1H3,(H,18,19). The molecule has 3 rings (SSSR count). The number of benzene rings is 2. The van der Waals surface area contributed by atoms with Crippen molar-refractivity contribution < 1.29 is 0 Å². The summed E-state index contributed by atoms with van der Waals surface area (Å²) in [5.74, 6) is 0. The minimum absolute atomic E-state index is 0.150. The Morgan fingerprint density at radius 3 is 2.53 bits per heavy atom. The first-order valence-electron chi connectivity index (χ1n) is 6.36. The minimum atomic E-state index is -0.150.